The van der Waals surface area contributed by atoms with Gasteiger partial charge in [0.2, 0.25) is 0 Å². The van der Waals surface area contributed by atoms with Crippen molar-refractivity contribution in [1.82, 2.24) is 0 Å². The van der Waals surface area contributed by atoms with Gasteiger partial charge in [0.1, 0.15) is 0 Å². The molecule has 1 nitrogen and oxygen atoms in total. The minimum atomic E-state index is -1.92. The molecule has 0 aliphatic carbocycles. The maximum absolute atomic E-state index is 8.66. The molecule has 0 amide bonds. The van der Waals surface area contributed by atoms with Gasteiger partial charge in [0.25, 0.3) is 0 Å². The second-order valence-electron chi connectivity index (χ2n) is 2.39. The standard InChI is InChI=1S/C3H10OSi.3ClH.Ti/c1-5(2,3)4;;;;/h4H,1-3H3;3*1H;/q;;;;+3/p-3. The van der Waals surface area contributed by atoms with E-state index in [9.17, 15) is 0 Å². The van der Waals surface area contributed by atoms with Crippen molar-refractivity contribution in [2.75, 3.05) is 0 Å². The van der Waals surface area contributed by atoms with Crippen molar-refractivity contribution in [3.8, 4) is 0 Å². The van der Waals surface area contributed by atoms with Crippen LogP contribution in [-0.2, 0) is 14.7 Å². The Hall–Kier alpha value is 1.76. The van der Waals surface area contributed by atoms with Crippen LogP contribution in [0, 0.1) is 0 Å². The van der Waals surface area contributed by atoms with E-state index in [0.29, 0.717) is 0 Å². The molecule has 0 rings (SSSR count). The molecular formula is C3H10Cl3OSiTi. The van der Waals surface area contributed by atoms with E-state index in [1.165, 1.54) is 0 Å². The van der Waals surface area contributed by atoms with Crippen LogP contribution in [-0.4, -0.2) is 13.1 Å². The predicted octanol–water partition coefficient (Wildman–Crippen LogP) is 2.88. The first-order valence-electron chi connectivity index (χ1n) is 2.29. The van der Waals surface area contributed by atoms with Crippen LogP contribution in [0.3, 0.4) is 0 Å². The SMILES string of the molecule is C[Si](C)(C)O.[Cl][Ti]([Cl])[Cl]. The number of hydrogen-bond donors (Lipinski definition) is 1. The van der Waals surface area contributed by atoms with E-state index in [1.807, 2.05) is 19.6 Å². The fourth-order valence-electron chi connectivity index (χ4n) is 0. The summed E-state index contributed by atoms with van der Waals surface area (Å²) in [6, 6.07) is 0. The molecule has 6 heteroatoms. The summed E-state index contributed by atoms with van der Waals surface area (Å²) in [7, 11) is 13.3. The van der Waals surface area contributed by atoms with E-state index in [0.717, 1.165) is 0 Å². The van der Waals surface area contributed by atoms with Gasteiger partial charge in [0, 0.05) is 0 Å². The topological polar surface area (TPSA) is 20.2 Å². The second-order valence-corrected chi connectivity index (χ2v) is 14.5. The van der Waals surface area contributed by atoms with Gasteiger partial charge >= 0.3 is 42.6 Å². The van der Waals surface area contributed by atoms with E-state index < -0.39 is 23.0 Å². The van der Waals surface area contributed by atoms with E-state index in [2.05, 4.69) is 0 Å². The Morgan fingerprint density at radius 3 is 1.11 bits per heavy atom. The summed E-state index contributed by atoms with van der Waals surface area (Å²) in [6.45, 7) is 5.65. The molecule has 0 aliphatic heterocycles. The van der Waals surface area contributed by atoms with Crippen molar-refractivity contribution in [2.24, 2.45) is 0 Å². The zero-order chi connectivity index (χ0) is 8.08. The molecule has 0 saturated carbocycles. The van der Waals surface area contributed by atoms with Crippen LogP contribution < -0.4 is 0 Å². The van der Waals surface area contributed by atoms with Gasteiger partial charge in [-0.3, -0.25) is 0 Å². The average Bonchev–Trinajstić information content (AvgIpc) is 1.19. The summed E-state index contributed by atoms with van der Waals surface area (Å²) in [4.78, 5) is 8.66. The first kappa shape index (κ1) is 13.4. The molecule has 1 N–H and O–H groups in total. The second kappa shape index (κ2) is 6.47. The van der Waals surface area contributed by atoms with Gasteiger partial charge < -0.3 is 4.80 Å². The zero-order valence-corrected chi connectivity index (χ0v) is 10.4. The van der Waals surface area contributed by atoms with E-state index >= 15 is 0 Å². The zero-order valence-electron chi connectivity index (χ0n) is 5.58. The van der Waals surface area contributed by atoms with Gasteiger partial charge in [0.15, 0.2) is 8.32 Å². The summed E-state index contributed by atoms with van der Waals surface area (Å²) in [5.74, 6) is 0. The van der Waals surface area contributed by atoms with Crippen molar-refractivity contribution in [1.29, 1.82) is 0 Å². The van der Waals surface area contributed by atoms with E-state index in [-0.39, 0.29) is 0 Å². The first-order valence-corrected chi connectivity index (χ1v) is 12.2. The van der Waals surface area contributed by atoms with Crippen LogP contribution in [0.5, 0.6) is 0 Å². The van der Waals surface area contributed by atoms with Crippen LogP contribution in [0.2, 0.25) is 19.6 Å². The molecule has 9 heavy (non-hydrogen) atoms. The minimum absolute atomic E-state index is 1.61. The third kappa shape index (κ3) is 190. The Balaban J connectivity index is 0. The third-order valence-corrected chi connectivity index (χ3v) is 0. The fraction of sp³-hybridized carbons (Fsp3) is 1.00. The van der Waals surface area contributed by atoms with Crippen LogP contribution in [0.4, 0.5) is 0 Å². The molecule has 0 radical (unpaired) electrons. The molecule has 0 unspecified atom stereocenters. The molecule has 0 heterocycles. The van der Waals surface area contributed by atoms with Crippen molar-refractivity contribution >= 4 is 36.2 Å². The Morgan fingerprint density at radius 1 is 1.11 bits per heavy atom. The Labute approximate surface area is 74.9 Å². The van der Waals surface area contributed by atoms with Crippen LogP contribution in [0.1, 0.15) is 0 Å². The summed E-state index contributed by atoms with van der Waals surface area (Å²) in [5, 5.41) is 0. The van der Waals surface area contributed by atoms with Crippen LogP contribution in [0.15, 0.2) is 0 Å². The number of halogens is 3. The van der Waals surface area contributed by atoms with Crippen molar-refractivity contribution < 1.29 is 19.5 Å². The van der Waals surface area contributed by atoms with Gasteiger partial charge in [-0.1, -0.05) is 0 Å². The van der Waals surface area contributed by atoms with Gasteiger partial charge in [-0.15, -0.1) is 0 Å². The number of hydrogen-bond acceptors (Lipinski definition) is 1. The molecule has 0 aromatic rings. The summed E-state index contributed by atoms with van der Waals surface area (Å²) in [6.07, 6.45) is 0. The molecule has 0 fully saturated rings. The summed E-state index contributed by atoms with van der Waals surface area (Å²) in [5.41, 5.74) is 0. The number of rotatable bonds is 0. The molecule has 0 saturated heterocycles. The van der Waals surface area contributed by atoms with Crippen molar-refractivity contribution in [2.45, 2.75) is 19.6 Å². The fourth-order valence-corrected chi connectivity index (χ4v) is 0. The average molecular weight is 244 g/mol. The van der Waals surface area contributed by atoms with Crippen LogP contribution in [0.25, 0.3) is 0 Å². The first-order chi connectivity index (χ1) is 3.73. The molecule has 57 valence electrons. The quantitative estimate of drug-likeness (QED) is 0.650. The van der Waals surface area contributed by atoms with Crippen molar-refractivity contribution in [3.63, 3.8) is 0 Å². The summed E-state index contributed by atoms with van der Waals surface area (Å²) >= 11 is -1.92. The summed E-state index contributed by atoms with van der Waals surface area (Å²) < 4.78 is 0. The molecule has 0 bridgehead atoms. The normalized spacial score (nSPS) is 9.67. The van der Waals surface area contributed by atoms with E-state index in [4.69, 9.17) is 32.7 Å². The molecule has 0 aromatic carbocycles. The molecule has 0 aromatic heterocycles. The van der Waals surface area contributed by atoms with E-state index in [1.54, 1.807) is 0 Å². The Morgan fingerprint density at radius 2 is 1.11 bits per heavy atom. The van der Waals surface area contributed by atoms with Gasteiger partial charge in [-0.2, -0.15) is 0 Å². The molecule has 0 atom stereocenters. The Kier molecular flexibility index (Phi) is 9.60. The van der Waals surface area contributed by atoms with Gasteiger partial charge in [-0.25, -0.2) is 0 Å². The van der Waals surface area contributed by atoms with Crippen molar-refractivity contribution in [3.05, 3.63) is 0 Å². The van der Waals surface area contributed by atoms with Gasteiger partial charge in [-0.05, 0) is 19.6 Å². The molecule has 0 spiro atoms. The Bertz CT molecular complexity index is 55.8. The van der Waals surface area contributed by atoms with Gasteiger partial charge in [0.05, 0.1) is 0 Å². The third-order valence-electron chi connectivity index (χ3n) is 0. The van der Waals surface area contributed by atoms with Crippen LogP contribution >= 0.6 is 27.9 Å². The monoisotopic (exact) mass is 243 g/mol. The molecular weight excluding hydrogens is 234 g/mol. The molecule has 0 aliphatic rings. The predicted molar refractivity (Wildman–Crippen MR) is 43.1 cm³/mol. The maximum atomic E-state index is 8.66.